The highest BCUT2D eigenvalue weighted by Crippen LogP contribution is 2.47. The van der Waals surface area contributed by atoms with Crippen LogP contribution in [0, 0.1) is 0 Å². The van der Waals surface area contributed by atoms with Gasteiger partial charge in [-0.25, -0.2) is 0 Å². The second kappa shape index (κ2) is 13.2. The molecule has 0 spiro atoms. The van der Waals surface area contributed by atoms with Crippen molar-refractivity contribution in [3.63, 3.8) is 0 Å². The van der Waals surface area contributed by atoms with E-state index in [0.29, 0.717) is 0 Å². The van der Waals surface area contributed by atoms with Gasteiger partial charge in [-0.05, 0) is 85.4 Å². The van der Waals surface area contributed by atoms with Crippen LogP contribution < -0.4 is 4.90 Å². The van der Waals surface area contributed by atoms with Gasteiger partial charge in [0.2, 0.25) is 0 Å². The Balaban J connectivity index is 1.09. The molecule has 0 saturated carbocycles. The zero-order valence-corrected chi connectivity index (χ0v) is 30.6. The number of para-hydroxylation sites is 1. The van der Waals surface area contributed by atoms with Gasteiger partial charge in [-0.3, -0.25) is 0 Å². The fraction of sp³-hybridized carbons (Fsp3) is 0. The highest BCUT2D eigenvalue weighted by atomic mass is 16.3. The lowest BCUT2D eigenvalue weighted by atomic mass is 9.95. The van der Waals surface area contributed by atoms with E-state index in [1.807, 2.05) is 6.07 Å². The monoisotopic (exact) mass is 713 g/mol. The minimum absolute atomic E-state index is 0.883. The van der Waals surface area contributed by atoms with Crippen LogP contribution in [0.4, 0.5) is 17.1 Å². The van der Waals surface area contributed by atoms with Gasteiger partial charge in [-0.1, -0.05) is 176 Å². The van der Waals surface area contributed by atoms with Gasteiger partial charge in [0, 0.05) is 33.0 Å². The van der Waals surface area contributed by atoms with Gasteiger partial charge in [-0.2, -0.15) is 0 Å². The second-order valence-corrected chi connectivity index (χ2v) is 14.5. The van der Waals surface area contributed by atoms with Crippen molar-refractivity contribution >= 4 is 71.1 Å². The van der Waals surface area contributed by atoms with E-state index >= 15 is 0 Å². The molecule has 0 saturated heterocycles. The van der Waals surface area contributed by atoms with E-state index in [9.17, 15) is 0 Å². The maximum absolute atomic E-state index is 6.60. The lowest BCUT2D eigenvalue weighted by molar-refractivity contribution is 0.632. The first-order valence-corrected chi connectivity index (χ1v) is 19.2. The highest BCUT2D eigenvalue weighted by Gasteiger charge is 2.22. The van der Waals surface area contributed by atoms with E-state index in [2.05, 4.69) is 211 Å². The average Bonchev–Trinajstić information content (AvgIpc) is 3.67. The van der Waals surface area contributed by atoms with Crippen LogP contribution in [0.5, 0.6) is 0 Å². The number of benzene rings is 10. The third-order valence-electron chi connectivity index (χ3n) is 11.2. The first kappa shape index (κ1) is 32.0. The summed E-state index contributed by atoms with van der Waals surface area (Å²) in [6.07, 6.45) is 0. The van der Waals surface area contributed by atoms with Crippen LogP contribution in [0.15, 0.2) is 217 Å². The smallest absolute Gasteiger partial charge is 0.143 e. The van der Waals surface area contributed by atoms with Crippen molar-refractivity contribution in [1.29, 1.82) is 0 Å². The van der Waals surface area contributed by atoms with Gasteiger partial charge in [0.25, 0.3) is 0 Å². The molecule has 10 aromatic carbocycles. The molecule has 0 fully saturated rings. The van der Waals surface area contributed by atoms with Gasteiger partial charge in [0.15, 0.2) is 0 Å². The molecule has 1 aromatic heterocycles. The molecule has 0 radical (unpaired) electrons. The summed E-state index contributed by atoms with van der Waals surface area (Å²) in [4.78, 5) is 2.46. The Morgan fingerprint density at radius 2 is 0.786 bits per heavy atom. The molecular weight excluding hydrogens is 679 g/mol. The minimum atomic E-state index is 0.883. The number of anilines is 3. The van der Waals surface area contributed by atoms with Gasteiger partial charge in [0.05, 0.1) is 11.4 Å². The van der Waals surface area contributed by atoms with Crippen LogP contribution in [0.1, 0.15) is 0 Å². The van der Waals surface area contributed by atoms with Crippen LogP contribution in [0.25, 0.3) is 87.6 Å². The number of fused-ring (bicyclic) bond motifs is 7. The Bertz CT molecular complexity index is 3130. The molecular formula is C54H35NO. The fourth-order valence-electron chi connectivity index (χ4n) is 8.63. The maximum atomic E-state index is 6.60. The van der Waals surface area contributed by atoms with Crippen molar-refractivity contribution in [2.45, 2.75) is 0 Å². The quantitative estimate of drug-likeness (QED) is 0.160. The molecule has 0 unspecified atom stereocenters. The Kier molecular flexibility index (Phi) is 7.53. The summed E-state index contributed by atoms with van der Waals surface area (Å²) in [7, 11) is 0. The van der Waals surface area contributed by atoms with Crippen LogP contribution >= 0.6 is 0 Å². The summed E-state index contributed by atoms with van der Waals surface area (Å²) in [5.74, 6) is 0.883. The van der Waals surface area contributed by atoms with E-state index in [0.717, 1.165) is 61.6 Å². The van der Waals surface area contributed by atoms with Gasteiger partial charge < -0.3 is 9.32 Å². The second-order valence-electron chi connectivity index (χ2n) is 14.5. The Morgan fingerprint density at radius 1 is 0.304 bits per heavy atom. The van der Waals surface area contributed by atoms with E-state index < -0.39 is 0 Å². The third-order valence-corrected chi connectivity index (χ3v) is 11.2. The number of rotatable bonds is 6. The summed E-state index contributed by atoms with van der Waals surface area (Å²) in [5.41, 5.74) is 9.86. The Hall–Kier alpha value is -7.42. The molecule has 0 amide bonds. The molecule has 0 aliphatic heterocycles. The van der Waals surface area contributed by atoms with Crippen molar-refractivity contribution in [3.05, 3.63) is 212 Å². The first-order valence-electron chi connectivity index (χ1n) is 19.2. The van der Waals surface area contributed by atoms with Crippen LogP contribution in [0.3, 0.4) is 0 Å². The van der Waals surface area contributed by atoms with Crippen molar-refractivity contribution in [3.8, 4) is 33.6 Å². The molecule has 262 valence electrons. The first-order chi connectivity index (χ1) is 27.8. The van der Waals surface area contributed by atoms with Crippen LogP contribution in [0.2, 0.25) is 0 Å². The predicted molar refractivity (Wildman–Crippen MR) is 237 cm³/mol. The molecule has 0 N–H and O–H groups in total. The normalized spacial score (nSPS) is 11.6. The summed E-state index contributed by atoms with van der Waals surface area (Å²) in [6, 6.07) is 76.4. The van der Waals surface area contributed by atoms with E-state index in [1.165, 1.54) is 43.1 Å². The van der Waals surface area contributed by atoms with Crippen LogP contribution in [-0.4, -0.2) is 0 Å². The summed E-state index contributed by atoms with van der Waals surface area (Å²) in [5, 5.41) is 11.0. The Labute approximate surface area is 325 Å². The minimum Gasteiger partial charge on any atom is -0.455 e. The highest BCUT2D eigenvalue weighted by molar-refractivity contribution is 6.18. The van der Waals surface area contributed by atoms with Crippen molar-refractivity contribution in [1.82, 2.24) is 0 Å². The van der Waals surface area contributed by atoms with E-state index in [4.69, 9.17) is 4.42 Å². The molecule has 2 nitrogen and oxygen atoms in total. The van der Waals surface area contributed by atoms with Gasteiger partial charge >= 0.3 is 0 Å². The molecule has 11 rings (SSSR count). The SMILES string of the molecule is c1ccc(-c2c(-c3cccc(-c4ccc(N(c5cc6ccccc6c6ccccc56)c5cc6ccccc6c6ccccc56)cc4)c3)oc3ccccc23)cc1. The van der Waals surface area contributed by atoms with Crippen molar-refractivity contribution < 1.29 is 4.42 Å². The fourth-order valence-corrected chi connectivity index (χ4v) is 8.63. The average molecular weight is 714 g/mol. The zero-order valence-electron chi connectivity index (χ0n) is 30.6. The standard InChI is InChI=1S/C54H35NO/c1-2-15-37(16-3-1)53-49-27-12-13-28-52(49)56-54(53)41-20-14-19-38(33-41)36-29-31-42(32-30-36)55(50-34-39-17-4-6-21-43(39)45-23-8-10-25-47(45)50)51-35-40-18-5-7-22-44(40)46-24-9-11-26-48(46)51/h1-35H. The van der Waals surface area contributed by atoms with E-state index in [-0.39, 0.29) is 0 Å². The van der Waals surface area contributed by atoms with Gasteiger partial charge in [-0.15, -0.1) is 0 Å². The third kappa shape index (κ3) is 5.26. The predicted octanol–water partition coefficient (Wildman–Crippen LogP) is 15.5. The van der Waals surface area contributed by atoms with E-state index in [1.54, 1.807) is 0 Å². The molecule has 56 heavy (non-hydrogen) atoms. The molecule has 0 bridgehead atoms. The molecule has 0 aliphatic carbocycles. The topological polar surface area (TPSA) is 16.4 Å². The number of furan rings is 1. The van der Waals surface area contributed by atoms with Crippen molar-refractivity contribution in [2.75, 3.05) is 4.90 Å². The molecule has 11 aromatic rings. The lowest BCUT2D eigenvalue weighted by Gasteiger charge is -2.29. The number of nitrogens with zero attached hydrogens (tertiary/aromatic N) is 1. The molecule has 0 atom stereocenters. The molecule has 1 heterocycles. The molecule has 0 aliphatic rings. The number of hydrogen-bond acceptors (Lipinski definition) is 2. The maximum Gasteiger partial charge on any atom is 0.143 e. The van der Waals surface area contributed by atoms with Crippen molar-refractivity contribution in [2.24, 2.45) is 0 Å². The molecule has 2 heteroatoms. The Morgan fingerprint density at radius 3 is 1.41 bits per heavy atom. The summed E-state index contributed by atoms with van der Waals surface area (Å²) < 4.78 is 6.60. The number of hydrogen-bond donors (Lipinski definition) is 0. The lowest BCUT2D eigenvalue weighted by Crippen LogP contribution is -2.11. The summed E-state index contributed by atoms with van der Waals surface area (Å²) in [6.45, 7) is 0. The van der Waals surface area contributed by atoms with Crippen LogP contribution in [-0.2, 0) is 0 Å². The largest absolute Gasteiger partial charge is 0.455 e. The zero-order chi connectivity index (χ0) is 37.0. The summed E-state index contributed by atoms with van der Waals surface area (Å²) >= 11 is 0. The van der Waals surface area contributed by atoms with Gasteiger partial charge in [0.1, 0.15) is 11.3 Å².